The quantitative estimate of drug-likeness (QED) is 0.728. The molecule has 0 aromatic carbocycles. The average Bonchev–Trinajstić information content (AvgIpc) is 2.56. The maximum Gasteiger partial charge on any atom is 0.244 e. The highest BCUT2D eigenvalue weighted by atomic mass is 35.5. The Labute approximate surface area is 156 Å². The van der Waals surface area contributed by atoms with Crippen molar-refractivity contribution >= 4 is 24.2 Å². The highest BCUT2D eigenvalue weighted by Crippen LogP contribution is 2.57. The molecule has 2 fully saturated rings. The van der Waals surface area contributed by atoms with Gasteiger partial charge < -0.3 is 25.0 Å². The van der Waals surface area contributed by atoms with E-state index in [-0.39, 0.29) is 42.8 Å². The topological polar surface area (TPSA) is 85.1 Å². The number of hydrogen-bond acceptors (Lipinski definition) is 5. The third-order valence-corrected chi connectivity index (χ3v) is 5.72. The molecule has 0 aromatic rings. The lowest BCUT2D eigenvalue weighted by atomic mass is 9.46. The molecule has 0 aromatic heterocycles. The van der Waals surface area contributed by atoms with Gasteiger partial charge in [-0.05, 0) is 12.8 Å². The van der Waals surface area contributed by atoms with Gasteiger partial charge in [-0.15, -0.1) is 12.4 Å². The van der Waals surface area contributed by atoms with Crippen LogP contribution in [0.25, 0.3) is 0 Å². The number of nitrogens with two attached hydrogens (primary N) is 1. The summed E-state index contributed by atoms with van der Waals surface area (Å²) < 4.78 is 11.0. The largest absolute Gasteiger partial charge is 0.383 e. The molecule has 2 amide bonds. The number of carbonyl (C=O) groups is 2. The smallest absolute Gasteiger partial charge is 0.244 e. The molecule has 1 saturated carbocycles. The minimum Gasteiger partial charge on any atom is -0.383 e. The minimum atomic E-state index is -1.00. The van der Waals surface area contributed by atoms with Crippen molar-refractivity contribution in [3.8, 4) is 0 Å². The molecular formula is C17H32ClN3O4. The van der Waals surface area contributed by atoms with Crippen LogP contribution < -0.4 is 5.73 Å². The highest BCUT2D eigenvalue weighted by molar-refractivity contribution is 5.92. The van der Waals surface area contributed by atoms with Crippen molar-refractivity contribution in [2.24, 2.45) is 17.1 Å². The van der Waals surface area contributed by atoms with Gasteiger partial charge in [0.2, 0.25) is 11.8 Å². The van der Waals surface area contributed by atoms with E-state index in [2.05, 4.69) is 0 Å². The van der Waals surface area contributed by atoms with Crippen LogP contribution in [0.15, 0.2) is 0 Å². The Bertz CT molecular complexity index is 500. The number of methoxy groups -OCH3 is 1. The maximum atomic E-state index is 13.3. The summed E-state index contributed by atoms with van der Waals surface area (Å²) in [4.78, 5) is 28.4. The standard InChI is InChI=1S/C17H31N3O4.ClH/c1-16(2)14-12(7-6-9-24-14)17(16,18)15(22)20(8-10-23-5)11-13(21)19(3)4;/h12,14H,6-11,18H2,1-5H3;1H. The molecule has 2 N–H and O–H groups in total. The summed E-state index contributed by atoms with van der Waals surface area (Å²) in [6.45, 7) is 5.43. The second kappa shape index (κ2) is 8.20. The van der Waals surface area contributed by atoms with Gasteiger partial charge in [0, 0.05) is 45.7 Å². The third kappa shape index (κ3) is 3.65. The molecule has 25 heavy (non-hydrogen) atoms. The number of rotatable bonds is 6. The van der Waals surface area contributed by atoms with Gasteiger partial charge in [-0.2, -0.15) is 0 Å². The Kier molecular flexibility index (Phi) is 7.27. The summed E-state index contributed by atoms with van der Waals surface area (Å²) in [7, 11) is 4.93. The van der Waals surface area contributed by atoms with Crippen LogP contribution >= 0.6 is 12.4 Å². The van der Waals surface area contributed by atoms with Crippen molar-refractivity contribution in [2.75, 3.05) is 47.5 Å². The molecule has 8 heteroatoms. The number of amides is 2. The first kappa shape index (κ1) is 22.2. The van der Waals surface area contributed by atoms with Gasteiger partial charge in [-0.1, -0.05) is 13.8 Å². The normalized spacial score (nSPS) is 29.7. The Hall–Kier alpha value is -0.890. The molecule has 1 heterocycles. The summed E-state index contributed by atoms with van der Waals surface area (Å²) in [5.74, 6) is -0.295. The molecule has 2 aliphatic rings. The highest BCUT2D eigenvalue weighted by Gasteiger charge is 2.70. The molecule has 1 aliphatic heterocycles. The SMILES string of the molecule is COCCN(CC(=O)N(C)C)C(=O)C1(N)C2CCCOC2C1(C)C.Cl. The summed E-state index contributed by atoms with van der Waals surface area (Å²) in [5.41, 5.74) is 5.21. The molecule has 3 unspecified atom stereocenters. The van der Waals surface area contributed by atoms with Crippen LogP contribution in [-0.4, -0.2) is 80.8 Å². The molecule has 1 aliphatic carbocycles. The second-order valence-corrected chi connectivity index (χ2v) is 7.64. The number of halogens is 1. The summed E-state index contributed by atoms with van der Waals surface area (Å²) >= 11 is 0. The number of hydrogen-bond donors (Lipinski definition) is 1. The van der Waals surface area contributed by atoms with Crippen LogP contribution in [0.2, 0.25) is 0 Å². The maximum absolute atomic E-state index is 13.3. The molecule has 0 bridgehead atoms. The third-order valence-electron chi connectivity index (χ3n) is 5.72. The lowest BCUT2D eigenvalue weighted by Crippen LogP contribution is -2.82. The summed E-state index contributed by atoms with van der Waals surface area (Å²) in [6, 6.07) is 0. The van der Waals surface area contributed by atoms with Crippen molar-refractivity contribution in [1.29, 1.82) is 0 Å². The van der Waals surface area contributed by atoms with E-state index in [9.17, 15) is 9.59 Å². The van der Waals surface area contributed by atoms with E-state index in [1.165, 1.54) is 4.90 Å². The van der Waals surface area contributed by atoms with Crippen molar-refractivity contribution in [3.63, 3.8) is 0 Å². The second-order valence-electron chi connectivity index (χ2n) is 7.64. The van der Waals surface area contributed by atoms with Crippen LogP contribution in [0.1, 0.15) is 26.7 Å². The first-order valence-electron chi connectivity index (χ1n) is 8.56. The van der Waals surface area contributed by atoms with E-state index >= 15 is 0 Å². The lowest BCUT2D eigenvalue weighted by Gasteiger charge is -2.65. The number of ether oxygens (including phenoxy) is 2. The van der Waals surface area contributed by atoms with Gasteiger partial charge in [-0.3, -0.25) is 9.59 Å². The van der Waals surface area contributed by atoms with E-state index in [4.69, 9.17) is 15.2 Å². The van der Waals surface area contributed by atoms with Gasteiger partial charge in [0.1, 0.15) is 5.54 Å². The zero-order valence-corrected chi connectivity index (χ0v) is 16.7. The Morgan fingerprint density at radius 3 is 2.52 bits per heavy atom. The van der Waals surface area contributed by atoms with E-state index in [0.29, 0.717) is 13.2 Å². The van der Waals surface area contributed by atoms with E-state index in [1.807, 2.05) is 13.8 Å². The molecule has 1 saturated heterocycles. The molecule has 146 valence electrons. The zero-order valence-electron chi connectivity index (χ0n) is 15.9. The predicted octanol–water partition coefficient (Wildman–Crippen LogP) is 0.504. The average molecular weight is 378 g/mol. The zero-order chi connectivity index (χ0) is 18.1. The molecule has 0 radical (unpaired) electrons. The molecular weight excluding hydrogens is 346 g/mol. The van der Waals surface area contributed by atoms with Crippen molar-refractivity contribution in [2.45, 2.75) is 38.3 Å². The fraction of sp³-hybridized carbons (Fsp3) is 0.882. The Balaban J connectivity index is 0.00000312. The monoisotopic (exact) mass is 377 g/mol. The minimum absolute atomic E-state index is 0. The van der Waals surface area contributed by atoms with Crippen LogP contribution in [0.5, 0.6) is 0 Å². The van der Waals surface area contributed by atoms with Gasteiger partial charge in [0.15, 0.2) is 0 Å². The predicted molar refractivity (Wildman–Crippen MR) is 97.6 cm³/mol. The van der Waals surface area contributed by atoms with Crippen molar-refractivity contribution in [3.05, 3.63) is 0 Å². The fourth-order valence-corrected chi connectivity index (χ4v) is 4.03. The number of carbonyl (C=O) groups excluding carboxylic acids is 2. The fourth-order valence-electron chi connectivity index (χ4n) is 4.03. The number of likely N-dealkylation sites (N-methyl/N-ethyl adjacent to an activating group) is 1. The van der Waals surface area contributed by atoms with Crippen molar-refractivity contribution in [1.82, 2.24) is 9.80 Å². The Morgan fingerprint density at radius 2 is 1.96 bits per heavy atom. The van der Waals surface area contributed by atoms with E-state index < -0.39 is 11.0 Å². The number of fused-ring (bicyclic) bond motifs is 1. The van der Waals surface area contributed by atoms with E-state index in [0.717, 1.165) is 19.4 Å². The van der Waals surface area contributed by atoms with Crippen LogP contribution in [0.3, 0.4) is 0 Å². The van der Waals surface area contributed by atoms with Crippen LogP contribution in [0.4, 0.5) is 0 Å². The summed E-state index contributed by atoms with van der Waals surface area (Å²) in [5, 5.41) is 0. The van der Waals surface area contributed by atoms with Crippen molar-refractivity contribution < 1.29 is 19.1 Å². The lowest BCUT2D eigenvalue weighted by molar-refractivity contribution is -0.230. The molecule has 7 nitrogen and oxygen atoms in total. The van der Waals surface area contributed by atoms with Gasteiger partial charge >= 0.3 is 0 Å². The summed E-state index contributed by atoms with van der Waals surface area (Å²) in [6.07, 6.45) is 1.81. The molecule has 2 rings (SSSR count). The van der Waals surface area contributed by atoms with E-state index in [1.54, 1.807) is 26.1 Å². The van der Waals surface area contributed by atoms with Crippen LogP contribution in [-0.2, 0) is 19.1 Å². The number of nitrogens with zero attached hydrogens (tertiary/aromatic N) is 2. The van der Waals surface area contributed by atoms with Gasteiger partial charge in [0.25, 0.3) is 0 Å². The molecule has 3 atom stereocenters. The molecule has 0 spiro atoms. The van der Waals surface area contributed by atoms with Gasteiger partial charge in [0.05, 0.1) is 19.3 Å². The van der Waals surface area contributed by atoms with Crippen LogP contribution in [0, 0.1) is 11.3 Å². The Morgan fingerprint density at radius 1 is 1.32 bits per heavy atom. The first-order valence-corrected chi connectivity index (χ1v) is 8.56. The first-order chi connectivity index (χ1) is 11.2. The van der Waals surface area contributed by atoms with Gasteiger partial charge in [-0.25, -0.2) is 0 Å².